The number of hydrogen-bond donors (Lipinski definition) is 1. The van der Waals surface area contributed by atoms with Crippen LogP contribution in [0.1, 0.15) is 6.42 Å². The number of carbonyl (C=O) groups excluding carboxylic acids is 1. The molecule has 0 radical (unpaired) electrons. The van der Waals surface area contributed by atoms with Crippen molar-refractivity contribution < 1.29 is 13.6 Å². The Balaban J connectivity index is 1.88. The Morgan fingerprint density at radius 2 is 2.16 bits per heavy atom. The summed E-state index contributed by atoms with van der Waals surface area (Å²) in [6.45, 7) is 3.13. The molecule has 0 atom stereocenters. The van der Waals surface area contributed by atoms with Crippen LogP contribution in [-0.4, -0.2) is 42.7 Å². The van der Waals surface area contributed by atoms with Crippen LogP contribution in [0.25, 0.3) is 0 Å². The molecule has 0 aromatic heterocycles. The third-order valence-corrected chi connectivity index (χ3v) is 3.97. The summed E-state index contributed by atoms with van der Waals surface area (Å²) in [5, 5.41) is 3.22. The summed E-state index contributed by atoms with van der Waals surface area (Å²) in [4.78, 5) is 14.1. The number of rotatable bonds is 3. The van der Waals surface area contributed by atoms with E-state index in [0.717, 1.165) is 43.9 Å². The Kier molecular flexibility index (Phi) is 5.15. The third kappa shape index (κ3) is 4.18. The van der Waals surface area contributed by atoms with Crippen molar-refractivity contribution in [3.05, 3.63) is 29.8 Å². The number of nitrogens with one attached hydrogen (secondary N) is 1. The van der Waals surface area contributed by atoms with Gasteiger partial charge in [0, 0.05) is 30.6 Å². The number of thioether (sulfide) groups is 1. The van der Waals surface area contributed by atoms with Crippen LogP contribution in [0, 0.1) is 11.6 Å². The lowest BCUT2D eigenvalue weighted by Crippen LogP contribution is -2.35. The van der Waals surface area contributed by atoms with E-state index >= 15 is 0 Å². The first-order valence-corrected chi connectivity index (χ1v) is 7.22. The second-order valence-corrected chi connectivity index (χ2v) is 5.36. The van der Waals surface area contributed by atoms with E-state index in [-0.39, 0.29) is 11.7 Å². The smallest absolute Gasteiger partial charge is 0.232 e. The maximum absolute atomic E-state index is 13.4. The summed E-state index contributed by atoms with van der Waals surface area (Å²) in [5.74, 6) is -1.04. The molecule has 1 aliphatic rings. The zero-order chi connectivity index (χ0) is 13.7. The molecule has 0 bridgehead atoms. The third-order valence-electron chi connectivity index (χ3n) is 2.94. The molecule has 0 unspecified atom stereocenters. The molecule has 1 heterocycles. The summed E-state index contributed by atoms with van der Waals surface area (Å²) in [6, 6.07) is 3.40. The minimum Gasteiger partial charge on any atom is -0.341 e. The van der Waals surface area contributed by atoms with Gasteiger partial charge >= 0.3 is 0 Å². The van der Waals surface area contributed by atoms with Gasteiger partial charge in [-0.3, -0.25) is 4.79 Å². The lowest BCUT2D eigenvalue weighted by atomic mass is 10.3. The SMILES string of the molecule is O=C(CSc1ccc(F)cc1F)N1CCCNCC1. The highest BCUT2D eigenvalue weighted by molar-refractivity contribution is 8.00. The summed E-state index contributed by atoms with van der Waals surface area (Å²) in [5.41, 5.74) is 0. The molecule has 1 aromatic rings. The number of carbonyl (C=O) groups is 1. The van der Waals surface area contributed by atoms with Crippen LogP contribution in [-0.2, 0) is 4.79 Å². The molecule has 1 aromatic carbocycles. The second kappa shape index (κ2) is 6.86. The van der Waals surface area contributed by atoms with Crippen molar-refractivity contribution in [3.63, 3.8) is 0 Å². The number of halogens is 2. The van der Waals surface area contributed by atoms with Crippen LogP contribution in [0.3, 0.4) is 0 Å². The van der Waals surface area contributed by atoms with Crippen LogP contribution in [0.5, 0.6) is 0 Å². The number of hydrogen-bond acceptors (Lipinski definition) is 3. The minimum atomic E-state index is -0.615. The Morgan fingerprint density at radius 1 is 1.32 bits per heavy atom. The molecule has 0 saturated carbocycles. The van der Waals surface area contributed by atoms with Crippen molar-refractivity contribution in [3.8, 4) is 0 Å². The molecule has 0 aliphatic carbocycles. The first-order valence-electron chi connectivity index (χ1n) is 6.23. The highest BCUT2D eigenvalue weighted by atomic mass is 32.2. The first kappa shape index (κ1) is 14.3. The van der Waals surface area contributed by atoms with Gasteiger partial charge in [-0.25, -0.2) is 8.78 Å². The van der Waals surface area contributed by atoms with E-state index in [1.165, 1.54) is 12.1 Å². The predicted octanol–water partition coefficient (Wildman–Crippen LogP) is 1.88. The lowest BCUT2D eigenvalue weighted by Gasteiger charge is -2.19. The number of benzene rings is 1. The Morgan fingerprint density at radius 3 is 2.95 bits per heavy atom. The van der Waals surface area contributed by atoms with E-state index < -0.39 is 11.6 Å². The van der Waals surface area contributed by atoms with Gasteiger partial charge < -0.3 is 10.2 Å². The molecular formula is C13H16F2N2OS. The van der Waals surface area contributed by atoms with Gasteiger partial charge in [-0.2, -0.15) is 0 Å². The highest BCUT2D eigenvalue weighted by Crippen LogP contribution is 2.22. The number of nitrogens with zero attached hydrogens (tertiary/aromatic N) is 1. The van der Waals surface area contributed by atoms with Crippen molar-refractivity contribution in [1.82, 2.24) is 10.2 Å². The Labute approximate surface area is 115 Å². The van der Waals surface area contributed by atoms with Crippen LogP contribution >= 0.6 is 11.8 Å². The normalized spacial score (nSPS) is 16.2. The molecule has 1 N–H and O–H groups in total. The fourth-order valence-corrected chi connectivity index (χ4v) is 2.74. The Hall–Kier alpha value is -1.14. The van der Waals surface area contributed by atoms with E-state index in [9.17, 15) is 13.6 Å². The van der Waals surface area contributed by atoms with Gasteiger partial charge in [0.15, 0.2) is 0 Å². The average Bonchev–Trinajstić information content (AvgIpc) is 2.66. The van der Waals surface area contributed by atoms with Crippen LogP contribution in [0.4, 0.5) is 8.78 Å². The molecule has 0 spiro atoms. The molecule has 1 saturated heterocycles. The van der Waals surface area contributed by atoms with Crippen molar-refractivity contribution in [2.45, 2.75) is 11.3 Å². The highest BCUT2D eigenvalue weighted by Gasteiger charge is 2.16. The van der Waals surface area contributed by atoms with E-state index in [4.69, 9.17) is 0 Å². The summed E-state index contributed by atoms with van der Waals surface area (Å²) in [6.07, 6.45) is 0.932. The molecular weight excluding hydrogens is 270 g/mol. The molecule has 1 aliphatic heterocycles. The molecule has 3 nitrogen and oxygen atoms in total. The van der Waals surface area contributed by atoms with Gasteiger partial charge in [0.1, 0.15) is 11.6 Å². The summed E-state index contributed by atoms with van der Waals surface area (Å²) < 4.78 is 26.2. The predicted molar refractivity (Wildman–Crippen MR) is 71.1 cm³/mol. The van der Waals surface area contributed by atoms with Crippen LogP contribution in [0.2, 0.25) is 0 Å². The molecule has 104 valence electrons. The van der Waals surface area contributed by atoms with Gasteiger partial charge in [0.05, 0.1) is 5.75 Å². The van der Waals surface area contributed by atoms with Gasteiger partial charge in [0.25, 0.3) is 0 Å². The Bertz CT molecular complexity index is 448. The summed E-state index contributed by atoms with van der Waals surface area (Å²) in [7, 11) is 0. The maximum Gasteiger partial charge on any atom is 0.232 e. The molecule has 6 heteroatoms. The molecule has 1 fully saturated rings. The largest absolute Gasteiger partial charge is 0.341 e. The van der Waals surface area contributed by atoms with E-state index in [1.807, 2.05) is 0 Å². The standard InChI is InChI=1S/C13H16F2N2OS/c14-10-2-3-12(11(15)8-10)19-9-13(18)17-6-1-4-16-5-7-17/h2-3,8,16H,1,4-7,9H2. The molecule has 2 rings (SSSR count). The molecule has 1 amide bonds. The zero-order valence-electron chi connectivity index (χ0n) is 10.5. The van der Waals surface area contributed by atoms with E-state index in [0.29, 0.717) is 11.4 Å². The number of amides is 1. The van der Waals surface area contributed by atoms with Crippen molar-refractivity contribution in [1.29, 1.82) is 0 Å². The average molecular weight is 286 g/mol. The summed E-state index contributed by atoms with van der Waals surface area (Å²) >= 11 is 1.11. The van der Waals surface area contributed by atoms with Crippen LogP contribution < -0.4 is 5.32 Å². The first-order chi connectivity index (χ1) is 9.16. The monoisotopic (exact) mass is 286 g/mol. The quantitative estimate of drug-likeness (QED) is 0.861. The van der Waals surface area contributed by atoms with E-state index in [1.54, 1.807) is 4.90 Å². The second-order valence-electron chi connectivity index (χ2n) is 4.35. The van der Waals surface area contributed by atoms with Gasteiger partial charge in [-0.1, -0.05) is 0 Å². The topological polar surface area (TPSA) is 32.3 Å². The maximum atomic E-state index is 13.4. The van der Waals surface area contributed by atoms with E-state index in [2.05, 4.69) is 5.32 Å². The van der Waals surface area contributed by atoms with Gasteiger partial charge in [-0.15, -0.1) is 11.8 Å². The van der Waals surface area contributed by atoms with Crippen molar-refractivity contribution >= 4 is 17.7 Å². The molecule has 19 heavy (non-hydrogen) atoms. The van der Waals surface area contributed by atoms with Gasteiger partial charge in [-0.05, 0) is 25.1 Å². The van der Waals surface area contributed by atoms with Crippen molar-refractivity contribution in [2.75, 3.05) is 31.9 Å². The fraction of sp³-hybridized carbons (Fsp3) is 0.462. The fourth-order valence-electron chi connectivity index (χ4n) is 1.92. The minimum absolute atomic E-state index is 0.00238. The van der Waals surface area contributed by atoms with Gasteiger partial charge in [0.2, 0.25) is 5.91 Å². The lowest BCUT2D eigenvalue weighted by molar-refractivity contribution is -0.128. The van der Waals surface area contributed by atoms with Crippen LogP contribution in [0.15, 0.2) is 23.1 Å². The van der Waals surface area contributed by atoms with Crippen molar-refractivity contribution in [2.24, 2.45) is 0 Å². The zero-order valence-corrected chi connectivity index (χ0v) is 11.3.